The molecule has 9 nitrogen and oxygen atoms in total. The Balaban J connectivity index is 1.76. The molecule has 10 heteroatoms. The second-order valence-corrected chi connectivity index (χ2v) is 8.40. The maximum absolute atomic E-state index is 12.5. The van der Waals surface area contributed by atoms with Crippen LogP contribution in [-0.4, -0.2) is 43.2 Å². The number of anilines is 1. The van der Waals surface area contributed by atoms with E-state index in [1.54, 1.807) is 6.92 Å². The number of hydrogen-bond acceptors (Lipinski definition) is 6. The zero-order chi connectivity index (χ0) is 21.0. The van der Waals surface area contributed by atoms with Gasteiger partial charge in [-0.1, -0.05) is 0 Å². The van der Waals surface area contributed by atoms with Crippen LogP contribution in [0.3, 0.4) is 0 Å². The highest BCUT2D eigenvalue weighted by molar-refractivity contribution is 7.89. The van der Waals surface area contributed by atoms with E-state index in [2.05, 4.69) is 5.32 Å². The van der Waals surface area contributed by atoms with Crippen molar-refractivity contribution in [2.75, 3.05) is 25.0 Å². The van der Waals surface area contributed by atoms with Gasteiger partial charge in [0.25, 0.3) is 5.91 Å². The van der Waals surface area contributed by atoms with Crippen molar-refractivity contribution in [1.82, 2.24) is 4.31 Å². The van der Waals surface area contributed by atoms with E-state index in [9.17, 15) is 23.3 Å². The largest absolute Gasteiger partial charge is 0.487 e. The Morgan fingerprint density at radius 3 is 2.41 bits per heavy atom. The van der Waals surface area contributed by atoms with Gasteiger partial charge in [0.15, 0.2) is 5.75 Å². The van der Waals surface area contributed by atoms with E-state index in [0.717, 1.165) is 18.9 Å². The third kappa shape index (κ3) is 4.54. The van der Waals surface area contributed by atoms with Gasteiger partial charge in [-0.15, -0.1) is 0 Å². The first-order valence-electron chi connectivity index (χ1n) is 9.15. The summed E-state index contributed by atoms with van der Waals surface area (Å²) in [4.78, 5) is 23.2. The molecule has 0 unspecified atom stereocenters. The number of nitro groups is 1. The van der Waals surface area contributed by atoms with Crippen LogP contribution in [0.25, 0.3) is 0 Å². The van der Waals surface area contributed by atoms with Crippen LogP contribution in [-0.2, 0) is 10.0 Å². The monoisotopic (exact) mass is 419 g/mol. The van der Waals surface area contributed by atoms with Crippen LogP contribution in [0.4, 0.5) is 11.4 Å². The highest BCUT2D eigenvalue weighted by Crippen LogP contribution is 2.28. The molecule has 154 valence electrons. The molecule has 3 rings (SSSR count). The molecule has 2 aromatic rings. The van der Waals surface area contributed by atoms with Gasteiger partial charge in [-0.05, 0) is 56.2 Å². The SMILES string of the molecule is CCOc1ccc(C(=O)Nc2ccc(S(=O)(=O)N3CCCC3)cc2)cc1[N+](=O)[O-]. The molecule has 1 fully saturated rings. The third-order valence-electron chi connectivity index (χ3n) is 4.53. The van der Waals surface area contributed by atoms with Crippen molar-refractivity contribution in [1.29, 1.82) is 0 Å². The predicted octanol–water partition coefficient (Wildman–Crippen LogP) is 3.03. The van der Waals surface area contributed by atoms with Crippen LogP contribution in [0.5, 0.6) is 5.75 Å². The lowest BCUT2D eigenvalue weighted by Crippen LogP contribution is -2.27. The number of ether oxygens (including phenoxy) is 1. The molecule has 29 heavy (non-hydrogen) atoms. The molecule has 0 radical (unpaired) electrons. The number of rotatable bonds is 7. The Hall–Kier alpha value is -2.98. The summed E-state index contributed by atoms with van der Waals surface area (Å²) in [5.74, 6) is -0.461. The molecule has 1 aliphatic heterocycles. The lowest BCUT2D eigenvalue weighted by molar-refractivity contribution is -0.385. The summed E-state index contributed by atoms with van der Waals surface area (Å²) in [6.45, 7) is 2.99. The summed E-state index contributed by atoms with van der Waals surface area (Å²) in [6.07, 6.45) is 1.70. The summed E-state index contributed by atoms with van der Waals surface area (Å²) in [6, 6.07) is 9.80. The number of sulfonamides is 1. The van der Waals surface area contributed by atoms with E-state index in [0.29, 0.717) is 18.8 Å². The second kappa shape index (κ2) is 8.58. The molecule has 1 N–H and O–H groups in total. The van der Waals surface area contributed by atoms with Crippen molar-refractivity contribution < 1.29 is 22.9 Å². The van der Waals surface area contributed by atoms with Crippen molar-refractivity contribution in [2.24, 2.45) is 0 Å². The van der Waals surface area contributed by atoms with Gasteiger partial charge >= 0.3 is 5.69 Å². The Morgan fingerprint density at radius 2 is 1.83 bits per heavy atom. The molecule has 0 aromatic heterocycles. The number of amides is 1. The maximum Gasteiger partial charge on any atom is 0.311 e. The van der Waals surface area contributed by atoms with Crippen molar-refractivity contribution in [3.63, 3.8) is 0 Å². The third-order valence-corrected chi connectivity index (χ3v) is 6.45. The van der Waals surface area contributed by atoms with Gasteiger partial charge in [-0.25, -0.2) is 8.42 Å². The zero-order valence-corrected chi connectivity index (χ0v) is 16.6. The molecule has 0 aliphatic carbocycles. The van der Waals surface area contributed by atoms with Crippen molar-refractivity contribution >= 4 is 27.3 Å². The highest BCUT2D eigenvalue weighted by Gasteiger charge is 2.27. The Labute approximate surface area is 168 Å². The number of carbonyl (C=O) groups excluding carboxylic acids is 1. The number of hydrogen-bond donors (Lipinski definition) is 1. The van der Waals surface area contributed by atoms with Gasteiger partial charge in [-0.3, -0.25) is 14.9 Å². The minimum absolute atomic E-state index is 0.0884. The van der Waals surface area contributed by atoms with Crippen LogP contribution in [0.1, 0.15) is 30.1 Å². The number of carbonyl (C=O) groups is 1. The topological polar surface area (TPSA) is 119 Å². The van der Waals surface area contributed by atoms with Crippen molar-refractivity contribution in [3.8, 4) is 5.75 Å². The Morgan fingerprint density at radius 1 is 1.17 bits per heavy atom. The fourth-order valence-corrected chi connectivity index (χ4v) is 4.59. The quantitative estimate of drug-likeness (QED) is 0.544. The van der Waals surface area contributed by atoms with E-state index in [-0.39, 0.29) is 28.5 Å². The van der Waals surface area contributed by atoms with Crippen molar-refractivity contribution in [3.05, 3.63) is 58.1 Å². The molecule has 0 atom stereocenters. The Kier molecular flexibility index (Phi) is 6.14. The molecule has 1 heterocycles. The van der Waals surface area contributed by atoms with Gasteiger partial charge in [0.2, 0.25) is 10.0 Å². The fourth-order valence-electron chi connectivity index (χ4n) is 3.07. The number of nitrogens with one attached hydrogen (secondary N) is 1. The van der Waals surface area contributed by atoms with Crippen LogP contribution < -0.4 is 10.1 Å². The number of nitrogens with zero attached hydrogens (tertiary/aromatic N) is 2. The molecule has 1 aliphatic rings. The van der Waals surface area contributed by atoms with E-state index < -0.39 is 20.9 Å². The second-order valence-electron chi connectivity index (χ2n) is 6.46. The molecule has 1 amide bonds. The maximum atomic E-state index is 12.5. The lowest BCUT2D eigenvalue weighted by atomic mass is 10.1. The van der Waals surface area contributed by atoms with E-state index in [1.165, 1.54) is 40.7 Å². The lowest BCUT2D eigenvalue weighted by Gasteiger charge is -2.15. The summed E-state index contributed by atoms with van der Waals surface area (Å²) in [7, 11) is -3.53. The average Bonchev–Trinajstić information content (AvgIpc) is 3.24. The first kappa shape index (κ1) is 20.7. The fraction of sp³-hybridized carbons (Fsp3) is 0.316. The van der Waals surface area contributed by atoms with E-state index in [1.807, 2.05) is 0 Å². The van der Waals surface area contributed by atoms with Gasteiger partial charge in [0.05, 0.1) is 16.4 Å². The number of nitro benzene ring substituents is 1. The predicted molar refractivity (Wildman–Crippen MR) is 107 cm³/mol. The molecule has 0 bridgehead atoms. The molecule has 0 saturated carbocycles. The summed E-state index contributed by atoms with van der Waals surface area (Å²) < 4.78 is 31.7. The first-order valence-corrected chi connectivity index (χ1v) is 10.6. The van der Waals surface area contributed by atoms with Gasteiger partial charge in [-0.2, -0.15) is 4.31 Å². The van der Waals surface area contributed by atoms with Crippen LogP contribution in [0.2, 0.25) is 0 Å². The smallest absolute Gasteiger partial charge is 0.311 e. The number of benzene rings is 2. The standard InChI is InChI=1S/C19H21N3O6S/c1-2-28-18-10-5-14(13-17(18)22(24)25)19(23)20-15-6-8-16(9-7-15)29(26,27)21-11-3-4-12-21/h5-10,13H,2-4,11-12H2,1H3,(H,20,23). The minimum Gasteiger partial charge on any atom is -0.487 e. The minimum atomic E-state index is -3.53. The molecular weight excluding hydrogens is 398 g/mol. The zero-order valence-electron chi connectivity index (χ0n) is 15.8. The summed E-state index contributed by atoms with van der Waals surface area (Å²) in [5.41, 5.74) is 0.174. The van der Waals surface area contributed by atoms with E-state index in [4.69, 9.17) is 4.74 Å². The highest BCUT2D eigenvalue weighted by atomic mass is 32.2. The molecule has 1 saturated heterocycles. The molecule has 0 spiro atoms. The van der Waals surface area contributed by atoms with Crippen LogP contribution in [0, 0.1) is 10.1 Å². The van der Waals surface area contributed by atoms with Gasteiger partial charge in [0, 0.05) is 30.4 Å². The van der Waals surface area contributed by atoms with E-state index >= 15 is 0 Å². The normalized spacial score (nSPS) is 14.5. The van der Waals surface area contributed by atoms with Crippen molar-refractivity contribution in [2.45, 2.75) is 24.7 Å². The van der Waals surface area contributed by atoms with Gasteiger partial charge in [0.1, 0.15) is 0 Å². The Bertz CT molecular complexity index is 1010. The molecular formula is C19H21N3O6S. The summed E-state index contributed by atoms with van der Waals surface area (Å²) >= 11 is 0. The average molecular weight is 419 g/mol. The molecule has 2 aromatic carbocycles. The van der Waals surface area contributed by atoms with Gasteiger partial charge < -0.3 is 10.1 Å². The van der Waals surface area contributed by atoms with Crippen LogP contribution in [0.15, 0.2) is 47.4 Å². The summed E-state index contributed by atoms with van der Waals surface area (Å²) in [5, 5.41) is 13.8. The first-order chi connectivity index (χ1) is 13.8. The van der Waals surface area contributed by atoms with Crippen LogP contribution >= 0.6 is 0 Å².